The molecule has 2 rings (SSSR count). The maximum Gasteiger partial charge on any atom is 0.260 e. The normalized spacial score (nSPS) is 28.2. The van der Waals surface area contributed by atoms with Crippen molar-refractivity contribution < 1.29 is 8.42 Å². The Morgan fingerprint density at radius 3 is 2.47 bits per heavy atom. The third-order valence-electron chi connectivity index (χ3n) is 3.56. The number of sulfonamides is 1. The number of nitrogen functional groups attached to an aromatic ring is 1. The Morgan fingerprint density at radius 1 is 1.26 bits per heavy atom. The molecule has 2 atom stereocenters. The Kier molecular flexibility index (Phi) is 4.10. The molecule has 1 aromatic rings. The first kappa shape index (κ1) is 14.3. The molecule has 1 aromatic heterocycles. The molecule has 1 heterocycles. The van der Waals surface area contributed by atoms with E-state index in [0.717, 1.165) is 19.3 Å². The van der Waals surface area contributed by atoms with Crippen molar-refractivity contribution in [3.05, 3.63) is 18.3 Å². The molecule has 3 N–H and O–H groups in total. The molecule has 0 aliphatic heterocycles. The number of aromatic nitrogens is 1. The van der Waals surface area contributed by atoms with E-state index < -0.39 is 10.0 Å². The van der Waals surface area contributed by atoms with Crippen molar-refractivity contribution >= 4 is 15.7 Å². The molecule has 0 saturated heterocycles. The maximum absolute atomic E-state index is 12.3. The van der Waals surface area contributed by atoms with Crippen molar-refractivity contribution in [1.82, 2.24) is 9.71 Å². The molecule has 1 fully saturated rings. The zero-order valence-corrected chi connectivity index (χ0v) is 12.2. The molecule has 2 unspecified atom stereocenters. The van der Waals surface area contributed by atoms with Crippen LogP contribution in [0.4, 0.5) is 5.69 Å². The molecule has 0 amide bonds. The lowest BCUT2D eigenvalue weighted by Gasteiger charge is -2.31. The summed E-state index contributed by atoms with van der Waals surface area (Å²) in [7, 11) is -3.62. The van der Waals surface area contributed by atoms with Gasteiger partial charge in [-0.25, -0.2) is 18.1 Å². The molecule has 1 aliphatic rings. The predicted molar refractivity (Wildman–Crippen MR) is 74.9 cm³/mol. The smallest absolute Gasteiger partial charge is 0.260 e. The van der Waals surface area contributed by atoms with Gasteiger partial charge in [0.05, 0.1) is 5.69 Å². The van der Waals surface area contributed by atoms with Gasteiger partial charge in [-0.3, -0.25) is 0 Å². The summed E-state index contributed by atoms with van der Waals surface area (Å²) in [4.78, 5) is 3.88. The standard InChI is InChI=1S/C13H21N3O2S/c1-9-6-10(2)8-11(7-9)16-19(17,18)13-12(14)4-3-5-15-13/h3-5,9-11,16H,6-8,14H2,1-2H3. The second kappa shape index (κ2) is 5.46. The van der Waals surface area contributed by atoms with E-state index in [1.165, 1.54) is 6.20 Å². The number of anilines is 1. The van der Waals surface area contributed by atoms with Gasteiger partial charge in [-0.1, -0.05) is 13.8 Å². The Hall–Kier alpha value is -1.14. The van der Waals surface area contributed by atoms with E-state index in [0.29, 0.717) is 11.8 Å². The fraction of sp³-hybridized carbons (Fsp3) is 0.615. The highest BCUT2D eigenvalue weighted by molar-refractivity contribution is 7.89. The molecule has 0 radical (unpaired) electrons. The molecular formula is C13H21N3O2S. The average molecular weight is 283 g/mol. The van der Waals surface area contributed by atoms with Crippen molar-refractivity contribution in [2.75, 3.05) is 5.73 Å². The first-order chi connectivity index (χ1) is 8.88. The molecule has 1 saturated carbocycles. The highest BCUT2D eigenvalue weighted by Crippen LogP contribution is 2.29. The first-order valence-electron chi connectivity index (χ1n) is 6.61. The third-order valence-corrected chi connectivity index (χ3v) is 5.05. The van der Waals surface area contributed by atoms with Gasteiger partial charge in [-0.05, 0) is 43.2 Å². The van der Waals surface area contributed by atoms with Crippen LogP contribution >= 0.6 is 0 Å². The van der Waals surface area contributed by atoms with Crippen molar-refractivity contribution in [3.8, 4) is 0 Å². The number of hydrogen-bond acceptors (Lipinski definition) is 4. The molecule has 1 aliphatic carbocycles. The first-order valence-corrected chi connectivity index (χ1v) is 8.09. The molecule has 0 bridgehead atoms. The largest absolute Gasteiger partial charge is 0.396 e. The van der Waals surface area contributed by atoms with Crippen molar-refractivity contribution in [3.63, 3.8) is 0 Å². The molecule has 19 heavy (non-hydrogen) atoms. The van der Waals surface area contributed by atoms with Gasteiger partial charge < -0.3 is 5.73 Å². The number of nitrogens with zero attached hydrogens (tertiary/aromatic N) is 1. The van der Waals surface area contributed by atoms with E-state index in [1.54, 1.807) is 12.1 Å². The Bertz CT molecular complexity index is 535. The van der Waals surface area contributed by atoms with Crippen molar-refractivity contribution in [2.45, 2.75) is 44.2 Å². The van der Waals surface area contributed by atoms with Crippen LogP contribution in [0.15, 0.2) is 23.4 Å². The van der Waals surface area contributed by atoms with Crippen molar-refractivity contribution in [1.29, 1.82) is 0 Å². The summed E-state index contributed by atoms with van der Waals surface area (Å²) in [6.45, 7) is 4.32. The van der Waals surface area contributed by atoms with Crippen LogP contribution in [-0.4, -0.2) is 19.4 Å². The minimum atomic E-state index is -3.62. The lowest BCUT2D eigenvalue weighted by atomic mass is 9.81. The van der Waals surface area contributed by atoms with Crippen LogP contribution in [0.5, 0.6) is 0 Å². The van der Waals surface area contributed by atoms with E-state index in [1.807, 2.05) is 0 Å². The molecule has 5 nitrogen and oxygen atoms in total. The number of nitrogens with one attached hydrogen (secondary N) is 1. The van der Waals surface area contributed by atoms with Crippen LogP contribution in [0.25, 0.3) is 0 Å². The summed E-state index contributed by atoms with van der Waals surface area (Å²) >= 11 is 0. The lowest BCUT2D eigenvalue weighted by molar-refractivity contribution is 0.257. The average Bonchev–Trinajstić information content (AvgIpc) is 2.26. The Balaban J connectivity index is 2.16. The summed E-state index contributed by atoms with van der Waals surface area (Å²) in [5.41, 5.74) is 5.87. The van der Waals surface area contributed by atoms with Crippen LogP contribution in [0, 0.1) is 11.8 Å². The topological polar surface area (TPSA) is 85.1 Å². The molecule has 106 valence electrons. The second-order valence-electron chi connectivity index (χ2n) is 5.63. The molecule has 6 heteroatoms. The van der Waals surface area contributed by atoms with E-state index in [9.17, 15) is 8.42 Å². The van der Waals surface area contributed by atoms with Gasteiger partial charge in [-0.2, -0.15) is 0 Å². The number of pyridine rings is 1. The summed E-state index contributed by atoms with van der Waals surface area (Å²) in [6, 6.07) is 3.15. The zero-order valence-electron chi connectivity index (χ0n) is 11.3. The lowest BCUT2D eigenvalue weighted by Crippen LogP contribution is -2.40. The second-order valence-corrected chi connectivity index (χ2v) is 7.26. The molecular weight excluding hydrogens is 262 g/mol. The third kappa shape index (κ3) is 3.45. The van der Waals surface area contributed by atoms with Crippen LogP contribution in [-0.2, 0) is 10.0 Å². The highest BCUT2D eigenvalue weighted by atomic mass is 32.2. The SMILES string of the molecule is CC1CC(C)CC(NS(=O)(=O)c2ncccc2N)C1. The summed E-state index contributed by atoms with van der Waals surface area (Å²) < 4.78 is 27.3. The van der Waals surface area contributed by atoms with Gasteiger partial charge in [0.25, 0.3) is 10.0 Å². The summed E-state index contributed by atoms with van der Waals surface area (Å²) in [5.74, 6) is 1.08. The van der Waals surface area contributed by atoms with Gasteiger partial charge >= 0.3 is 0 Å². The number of rotatable bonds is 3. The van der Waals surface area contributed by atoms with Gasteiger partial charge in [-0.15, -0.1) is 0 Å². The zero-order chi connectivity index (χ0) is 14.0. The minimum Gasteiger partial charge on any atom is -0.396 e. The van der Waals surface area contributed by atoms with Gasteiger partial charge in [0.15, 0.2) is 5.03 Å². The number of hydrogen-bond donors (Lipinski definition) is 2. The van der Waals surface area contributed by atoms with Gasteiger partial charge in [0.2, 0.25) is 0 Å². The quantitative estimate of drug-likeness (QED) is 0.885. The number of nitrogens with two attached hydrogens (primary N) is 1. The van der Waals surface area contributed by atoms with Gasteiger partial charge in [0, 0.05) is 12.2 Å². The van der Waals surface area contributed by atoms with E-state index in [-0.39, 0.29) is 16.8 Å². The van der Waals surface area contributed by atoms with Gasteiger partial charge in [0.1, 0.15) is 0 Å². The fourth-order valence-electron chi connectivity index (χ4n) is 2.95. The Labute approximate surface area is 114 Å². The monoisotopic (exact) mass is 283 g/mol. The van der Waals surface area contributed by atoms with Crippen LogP contribution in [0.3, 0.4) is 0 Å². The fourth-order valence-corrected chi connectivity index (χ4v) is 4.27. The van der Waals surface area contributed by atoms with E-state index in [2.05, 4.69) is 23.6 Å². The van der Waals surface area contributed by atoms with Crippen molar-refractivity contribution in [2.24, 2.45) is 11.8 Å². The van der Waals surface area contributed by atoms with Crippen LogP contribution < -0.4 is 10.5 Å². The summed E-state index contributed by atoms with van der Waals surface area (Å²) in [6.07, 6.45) is 4.34. The molecule has 0 spiro atoms. The van der Waals surface area contributed by atoms with Crippen LogP contribution in [0.1, 0.15) is 33.1 Å². The minimum absolute atomic E-state index is 0.0230. The predicted octanol–water partition coefficient (Wildman–Crippen LogP) is 1.77. The van der Waals surface area contributed by atoms with E-state index in [4.69, 9.17) is 5.73 Å². The van der Waals surface area contributed by atoms with E-state index >= 15 is 0 Å². The highest BCUT2D eigenvalue weighted by Gasteiger charge is 2.29. The van der Waals surface area contributed by atoms with Crippen LogP contribution in [0.2, 0.25) is 0 Å². The molecule has 0 aromatic carbocycles. The Morgan fingerprint density at radius 2 is 1.89 bits per heavy atom. The maximum atomic E-state index is 12.3. The summed E-state index contributed by atoms with van der Waals surface area (Å²) in [5, 5.41) is -0.0686.